The monoisotopic (exact) mass is 555 g/mol. The van der Waals surface area contributed by atoms with Gasteiger partial charge >= 0.3 is 0 Å². The number of halogens is 2. The zero-order chi connectivity index (χ0) is 20.9. The van der Waals surface area contributed by atoms with E-state index in [1.807, 2.05) is 19.1 Å². The molecule has 1 heterocycles. The van der Waals surface area contributed by atoms with Crippen LogP contribution in [0.5, 0.6) is 11.5 Å². The summed E-state index contributed by atoms with van der Waals surface area (Å²) >= 11 is 6.33. The summed E-state index contributed by atoms with van der Waals surface area (Å²) in [4.78, 5) is 4.26. The highest BCUT2D eigenvalue weighted by Crippen LogP contribution is 2.36. The summed E-state index contributed by atoms with van der Waals surface area (Å²) in [7, 11) is 3.36. The molecule has 1 saturated heterocycles. The van der Waals surface area contributed by atoms with Gasteiger partial charge in [0, 0.05) is 46.6 Å². The van der Waals surface area contributed by atoms with Crippen molar-refractivity contribution >= 4 is 41.5 Å². The van der Waals surface area contributed by atoms with Crippen molar-refractivity contribution in [2.75, 3.05) is 53.7 Å². The number of guanidine groups is 1. The van der Waals surface area contributed by atoms with Crippen LogP contribution in [-0.4, -0.2) is 59.7 Å². The van der Waals surface area contributed by atoms with E-state index in [9.17, 15) is 0 Å². The van der Waals surface area contributed by atoms with Crippen LogP contribution in [0.3, 0.4) is 0 Å². The van der Waals surface area contributed by atoms with E-state index in [-0.39, 0.29) is 24.0 Å². The summed E-state index contributed by atoms with van der Waals surface area (Å²) in [6.45, 7) is 7.11. The Morgan fingerprint density at radius 2 is 2.03 bits per heavy atom. The quantitative estimate of drug-likeness (QED) is 0.187. The highest BCUT2D eigenvalue weighted by atomic mass is 127. The van der Waals surface area contributed by atoms with E-state index >= 15 is 0 Å². The number of nitrogens with zero attached hydrogens (tertiary/aromatic N) is 1. The molecule has 1 aliphatic rings. The van der Waals surface area contributed by atoms with E-state index < -0.39 is 0 Å². The van der Waals surface area contributed by atoms with Crippen LogP contribution in [0, 0.1) is 5.92 Å². The van der Waals surface area contributed by atoms with Gasteiger partial charge in [-0.1, -0.05) is 11.6 Å². The Kier molecular flexibility index (Phi) is 14.2. The Hall–Kier alpha value is -0.970. The maximum atomic E-state index is 6.33. The van der Waals surface area contributed by atoms with Gasteiger partial charge in [0.2, 0.25) is 0 Å². The van der Waals surface area contributed by atoms with E-state index in [2.05, 4.69) is 15.6 Å². The molecule has 0 unspecified atom stereocenters. The van der Waals surface area contributed by atoms with Crippen molar-refractivity contribution in [3.05, 3.63) is 22.7 Å². The number of hydrogen-bond donors (Lipinski definition) is 2. The van der Waals surface area contributed by atoms with Crippen molar-refractivity contribution in [3.8, 4) is 11.5 Å². The molecule has 1 aliphatic heterocycles. The minimum atomic E-state index is 0. The highest BCUT2D eigenvalue weighted by Gasteiger charge is 2.14. The molecular formula is C21H35ClIN3O4. The third-order valence-electron chi connectivity index (χ3n) is 4.71. The normalized spacial score (nSPS) is 14.7. The summed E-state index contributed by atoms with van der Waals surface area (Å²) < 4.78 is 22.1. The summed E-state index contributed by atoms with van der Waals surface area (Å²) in [5.74, 6) is 2.58. The van der Waals surface area contributed by atoms with Crippen LogP contribution in [0.15, 0.2) is 17.1 Å². The first-order chi connectivity index (χ1) is 14.2. The molecule has 0 bridgehead atoms. The summed E-state index contributed by atoms with van der Waals surface area (Å²) in [5.41, 5.74) is 0.984. The summed E-state index contributed by atoms with van der Waals surface area (Å²) in [5, 5.41) is 7.13. The second kappa shape index (κ2) is 15.8. The number of nitrogens with one attached hydrogen (secondary N) is 2. The van der Waals surface area contributed by atoms with E-state index in [1.165, 1.54) is 0 Å². The Bertz CT molecular complexity index is 643. The molecule has 9 heteroatoms. The average Bonchev–Trinajstić information content (AvgIpc) is 2.75. The molecule has 2 N–H and O–H groups in total. The predicted molar refractivity (Wildman–Crippen MR) is 132 cm³/mol. The molecule has 1 aromatic carbocycles. The van der Waals surface area contributed by atoms with Crippen molar-refractivity contribution < 1.29 is 18.9 Å². The Morgan fingerprint density at radius 1 is 1.27 bits per heavy atom. The van der Waals surface area contributed by atoms with Crippen LogP contribution in [0.25, 0.3) is 0 Å². The zero-order valence-corrected chi connectivity index (χ0v) is 21.3. The van der Waals surface area contributed by atoms with Gasteiger partial charge in [-0.25, -0.2) is 0 Å². The lowest BCUT2D eigenvalue weighted by atomic mass is 10.0. The Balaban J connectivity index is 0.00000450. The standard InChI is InChI=1S/C21H34ClN3O4.HI/c1-4-29-20-18(22)12-17(13-19(20)26-3)14-25-21(23-2)24-8-5-9-28-15-16-6-10-27-11-7-16;/h12-13,16H,4-11,14-15H2,1-3H3,(H2,23,24,25);1H. The van der Waals surface area contributed by atoms with E-state index in [4.69, 9.17) is 30.5 Å². The lowest BCUT2D eigenvalue weighted by Gasteiger charge is -2.21. The Morgan fingerprint density at radius 3 is 2.70 bits per heavy atom. The first kappa shape index (κ1) is 27.1. The number of ether oxygens (including phenoxy) is 4. The lowest BCUT2D eigenvalue weighted by molar-refractivity contribution is 0.0203. The molecule has 1 aromatic rings. The van der Waals surface area contributed by atoms with E-state index in [1.54, 1.807) is 14.2 Å². The number of aliphatic imine (C=N–C) groups is 1. The summed E-state index contributed by atoms with van der Waals surface area (Å²) in [6, 6.07) is 3.79. The van der Waals surface area contributed by atoms with E-state index in [0.29, 0.717) is 35.6 Å². The smallest absolute Gasteiger partial charge is 0.191 e. The van der Waals surface area contributed by atoms with Gasteiger partial charge in [-0.05, 0) is 49.8 Å². The number of methoxy groups -OCH3 is 1. The molecule has 0 aromatic heterocycles. The summed E-state index contributed by atoms with van der Waals surface area (Å²) in [6.07, 6.45) is 3.14. The maximum Gasteiger partial charge on any atom is 0.191 e. The third kappa shape index (κ3) is 9.45. The molecule has 0 spiro atoms. The molecule has 30 heavy (non-hydrogen) atoms. The van der Waals surface area contributed by atoms with Crippen LogP contribution in [-0.2, 0) is 16.0 Å². The van der Waals surface area contributed by atoms with Gasteiger partial charge in [0.15, 0.2) is 17.5 Å². The van der Waals surface area contributed by atoms with Gasteiger partial charge in [0.05, 0.1) is 18.7 Å². The van der Waals surface area contributed by atoms with Gasteiger partial charge in [0.25, 0.3) is 0 Å². The van der Waals surface area contributed by atoms with Gasteiger partial charge in [-0.15, -0.1) is 24.0 Å². The number of hydrogen-bond acceptors (Lipinski definition) is 5. The first-order valence-corrected chi connectivity index (χ1v) is 10.6. The lowest BCUT2D eigenvalue weighted by Crippen LogP contribution is -2.37. The molecular weight excluding hydrogens is 521 g/mol. The second-order valence-corrected chi connectivity index (χ2v) is 7.29. The van der Waals surface area contributed by atoms with Crippen molar-refractivity contribution in [1.29, 1.82) is 0 Å². The van der Waals surface area contributed by atoms with Crippen molar-refractivity contribution in [2.24, 2.45) is 10.9 Å². The van der Waals surface area contributed by atoms with E-state index in [0.717, 1.165) is 63.8 Å². The van der Waals surface area contributed by atoms with Crippen molar-refractivity contribution in [1.82, 2.24) is 10.6 Å². The molecule has 0 saturated carbocycles. The van der Waals surface area contributed by atoms with Crippen molar-refractivity contribution in [2.45, 2.75) is 32.7 Å². The first-order valence-electron chi connectivity index (χ1n) is 10.3. The largest absolute Gasteiger partial charge is 0.493 e. The fourth-order valence-corrected chi connectivity index (χ4v) is 3.40. The molecule has 1 fully saturated rings. The fraction of sp³-hybridized carbons (Fsp3) is 0.667. The molecule has 0 radical (unpaired) electrons. The average molecular weight is 556 g/mol. The van der Waals surface area contributed by atoms with Crippen LogP contribution < -0.4 is 20.1 Å². The van der Waals surface area contributed by atoms with Crippen LogP contribution in [0.2, 0.25) is 5.02 Å². The highest BCUT2D eigenvalue weighted by molar-refractivity contribution is 14.0. The third-order valence-corrected chi connectivity index (χ3v) is 4.99. The minimum Gasteiger partial charge on any atom is -0.493 e. The van der Waals surface area contributed by atoms with Gasteiger partial charge in [-0.3, -0.25) is 4.99 Å². The number of rotatable bonds is 11. The minimum absolute atomic E-state index is 0. The van der Waals surface area contributed by atoms with Gasteiger partial charge < -0.3 is 29.6 Å². The zero-order valence-electron chi connectivity index (χ0n) is 18.2. The van der Waals surface area contributed by atoms with Gasteiger partial charge in [-0.2, -0.15) is 0 Å². The second-order valence-electron chi connectivity index (χ2n) is 6.88. The molecule has 0 aliphatic carbocycles. The van der Waals surface area contributed by atoms with Crippen LogP contribution >= 0.6 is 35.6 Å². The topological polar surface area (TPSA) is 73.3 Å². The fourth-order valence-electron chi connectivity index (χ4n) is 3.11. The molecule has 172 valence electrons. The van der Waals surface area contributed by atoms with Crippen LogP contribution in [0.4, 0.5) is 0 Å². The SMILES string of the molecule is CCOc1c(Cl)cc(CNC(=NC)NCCCOCC2CCOCC2)cc1OC.I. The number of benzene rings is 1. The molecule has 2 rings (SSSR count). The van der Waals surface area contributed by atoms with Crippen LogP contribution in [0.1, 0.15) is 31.7 Å². The molecule has 0 atom stereocenters. The molecule has 7 nitrogen and oxygen atoms in total. The van der Waals surface area contributed by atoms with Crippen molar-refractivity contribution in [3.63, 3.8) is 0 Å². The predicted octanol–water partition coefficient (Wildman–Crippen LogP) is 3.86. The Labute approximate surface area is 202 Å². The molecule has 0 amide bonds. The maximum absolute atomic E-state index is 6.33. The van der Waals surface area contributed by atoms with Gasteiger partial charge in [0.1, 0.15) is 0 Å².